The summed E-state index contributed by atoms with van der Waals surface area (Å²) >= 11 is 0. The maximum Gasteiger partial charge on any atom is 0.222 e. The van der Waals surface area contributed by atoms with Crippen LogP contribution in [0.4, 0.5) is 11.8 Å². The Morgan fingerprint density at radius 2 is 1.96 bits per heavy atom. The number of anilines is 2. The molecule has 1 atom stereocenters. The second kappa shape index (κ2) is 7.03. The maximum absolute atomic E-state index is 5.88. The molecule has 0 aromatic carbocycles. The van der Waals surface area contributed by atoms with Gasteiger partial charge in [-0.05, 0) is 38.3 Å². The van der Waals surface area contributed by atoms with Crippen molar-refractivity contribution in [1.29, 1.82) is 0 Å². The van der Waals surface area contributed by atoms with Crippen LogP contribution in [0.5, 0.6) is 5.88 Å². The van der Waals surface area contributed by atoms with Crippen molar-refractivity contribution in [1.82, 2.24) is 15.0 Å². The lowest BCUT2D eigenvalue weighted by Gasteiger charge is -2.32. The Balaban J connectivity index is 2.01. The van der Waals surface area contributed by atoms with E-state index in [1.807, 2.05) is 26.0 Å². The van der Waals surface area contributed by atoms with Gasteiger partial charge in [-0.1, -0.05) is 12.8 Å². The minimum Gasteiger partial charge on any atom is -0.481 e. The number of aryl methyl sites for hydroxylation is 2. The minimum atomic E-state index is 0.250. The van der Waals surface area contributed by atoms with Gasteiger partial charge < -0.3 is 15.4 Å². The number of hydrogen-bond donors (Lipinski definition) is 1. The van der Waals surface area contributed by atoms with E-state index < -0.39 is 0 Å². The number of aromatic nitrogens is 3. The molecule has 24 heavy (non-hydrogen) atoms. The molecule has 0 radical (unpaired) electrons. The van der Waals surface area contributed by atoms with Gasteiger partial charge >= 0.3 is 0 Å². The predicted octanol–water partition coefficient (Wildman–Crippen LogP) is 3.20. The Labute approximate surface area is 143 Å². The molecule has 1 fully saturated rings. The highest BCUT2D eigenvalue weighted by atomic mass is 16.5. The molecule has 0 bridgehead atoms. The van der Waals surface area contributed by atoms with Crippen LogP contribution in [-0.4, -0.2) is 28.6 Å². The number of rotatable bonds is 3. The molecule has 128 valence electrons. The summed E-state index contributed by atoms with van der Waals surface area (Å²) in [5.74, 6) is 1.89. The van der Waals surface area contributed by atoms with Crippen LogP contribution >= 0.6 is 0 Å². The van der Waals surface area contributed by atoms with E-state index in [1.54, 1.807) is 7.11 Å². The monoisotopic (exact) mass is 327 g/mol. The Bertz CT molecular complexity index is 698. The van der Waals surface area contributed by atoms with Crippen LogP contribution < -0.4 is 15.4 Å². The van der Waals surface area contributed by atoms with E-state index in [2.05, 4.69) is 25.9 Å². The van der Waals surface area contributed by atoms with Crippen molar-refractivity contribution >= 4 is 11.8 Å². The molecule has 2 N–H and O–H groups in total. The van der Waals surface area contributed by atoms with Crippen LogP contribution in [-0.2, 0) is 0 Å². The first kappa shape index (κ1) is 16.5. The van der Waals surface area contributed by atoms with Gasteiger partial charge in [0, 0.05) is 30.1 Å². The summed E-state index contributed by atoms with van der Waals surface area (Å²) in [5.41, 5.74) is 9.01. The molecule has 1 unspecified atom stereocenters. The zero-order chi connectivity index (χ0) is 17.1. The van der Waals surface area contributed by atoms with Crippen molar-refractivity contribution in [3.63, 3.8) is 0 Å². The van der Waals surface area contributed by atoms with Crippen LogP contribution in [0.15, 0.2) is 18.2 Å². The highest BCUT2D eigenvalue weighted by Crippen LogP contribution is 2.35. The fourth-order valence-electron chi connectivity index (χ4n) is 3.44. The molecule has 0 aliphatic carbocycles. The zero-order valence-corrected chi connectivity index (χ0v) is 14.6. The lowest BCUT2D eigenvalue weighted by Crippen LogP contribution is -2.30. The van der Waals surface area contributed by atoms with Gasteiger partial charge in [0.1, 0.15) is 5.82 Å². The Morgan fingerprint density at radius 1 is 1.12 bits per heavy atom. The number of methoxy groups -OCH3 is 1. The van der Waals surface area contributed by atoms with Crippen molar-refractivity contribution in [3.05, 3.63) is 35.2 Å². The van der Waals surface area contributed by atoms with Gasteiger partial charge in [0.15, 0.2) is 0 Å². The fraction of sp³-hybridized carbons (Fsp3) is 0.500. The summed E-state index contributed by atoms with van der Waals surface area (Å²) in [6.07, 6.45) is 4.67. The van der Waals surface area contributed by atoms with E-state index in [0.717, 1.165) is 36.6 Å². The minimum absolute atomic E-state index is 0.250. The van der Waals surface area contributed by atoms with Crippen molar-refractivity contribution in [2.45, 2.75) is 45.6 Å². The lowest BCUT2D eigenvalue weighted by molar-refractivity contribution is 0.396. The highest BCUT2D eigenvalue weighted by Gasteiger charge is 2.26. The first-order chi connectivity index (χ1) is 11.6. The van der Waals surface area contributed by atoms with Gasteiger partial charge in [-0.15, -0.1) is 0 Å². The first-order valence-corrected chi connectivity index (χ1v) is 8.48. The Kier molecular flexibility index (Phi) is 4.83. The van der Waals surface area contributed by atoms with E-state index in [-0.39, 0.29) is 6.04 Å². The molecular formula is C18H25N5O. The molecule has 6 heteroatoms. The highest BCUT2D eigenvalue weighted by molar-refractivity contribution is 5.47. The summed E-state index contributed by atoms with van der Waals surface area (Å²) in [4.78, 5) is 15.6. The van der Waals surface area contributed by atoms with E-state index in [9.17, 15) is 0 Å². The average molecular weight is 327 g/mol. The molecule has 0 amide bonds. The number of nitrogens with zero attached hydrogens (tertiary/aromatic N) is 4. The number of nitrogen functional groups attached to an aromatic ring is 1. The standard InChI is InChI=1S/C18H25N5O/c1-12-11-16(22-18(19)20-12)23-10-6-4-5-7-15(23)14-8-9-17(24-3)21-13(14)2/h8-9,11,15H,4-7,10H2,1-3H3,(H2,19,20,22). The van der Waals surface area contributed by atoms with Crippen molar-refractivity contribution in [3.8, 4) is 5.88 Å². The van der Waals surface area contributed by atoms with Crippen LogP contribution in [0.1, 0.15) is 48.7 Å². The number of hydrogen-bond acceptors (Lipinski definition) is 6. The molecule has 3 rings (SSSR count). The van der Waals surface area contributed by atoms with Crippen molar-refractivity contribution in [2.75, 3.05) is 24.3 Å². The van der Waals surface area contributed by atoms with Gasteiger partial charge in [-0.3, -0.25) is 0 Å². The van der Waals surface area contributed by atoms with Gasteiger partial charge in [0.25, 0.3) is 0 Å². The maximum atomic E-state index is 5.88. The number of ether oxygens (including phenoxy) is 1. The smallest absolute Gasteiger partial charge is 0.222 e. The van der Waals surface area contributed by atoms with Gasteiger partial charge in [-0.25, -0.2) is 9.97 Å². The third-order valence-corrected chi connectivity index (χ3v) is 4.57. The fourth-order valence-corrected chi connectivity index (χ4v) is 3.44. The van der Waals surface area contributed by atoms with Crippen LogP contribution in [0.3, 0.4) is 0 Å². The Morgan fingerprint density at radius 3 is 2.67 bits per heavy atom. The van der Waals surface area contributed by atoms with Crippen LogP contribution in [0, 0.1) is 13.8 Å². The number of pyridine rings is 1. The normalized spacial score (nSPS) is 18.3. The summed E-state index contributed by atoms with van der Waals surface area (Å²) in [6, 6.07) is 6.33. The SMILES string of the molecule is COc1ccc(C2CCCCCN2c2cc(C)nc(N)n2)c(C)n1. The summed E-state index contributed by atoms with van der Waals surface area (Å²) in [6.45, 7) is 4.96. The van der Waals surface area contributed by atoms with Gasteiger partial charge in [0.2, 0.25) is 11.8 Å². The van der Waals surface area contributed by atoms with Crippen molar-refractivity contribution in [2.24, 2.45) is 0 Å². The molecule has 1 saturated heterocycles. The first-order valence-electron chi connectivity index (χ1n) is 8.48. The second-order valence-corrected chi connectivity index (χ2v) is 6.31. The largest absolute Gasteiger partial charge is 0.481 e. The molecule has 1 aliphatic rings. The average Bonchev–Trinajstić information content (AvgIpc) is 2.79. The topological polar surface area (TPSA) is 77.2 Å². The third-order valence-electron chi connectivity index (χ3n) is 4.57. The molecule has 2 aromatic rings. The summed E-state index contributed by atoms with van der Waals surface area (Å²) in [5, 5.41) is 0. The lowest BCUT2D eigenvalue weighted by atomic mass is 9.99. The summed E-state index contributed by atoms with van der Waals surface area (Å²) < 4.78 is 5.24. The van der Waals surface area contributed by atoms with E-state index in [4.69, 9.17) is 10.5 Å². The molecule has 2 aromatic heterocycles. The van der Waals surface area contributed by atoms with Gasteiger partial charge in [-0.2, -0.15) is 4.98 Å². The predicted molar refractivity (Wildman–Crippen MR) is 95.3 cm³/mol. The van der Waals surface area contributed by atoms with Crippen molar-refractivity contribution < 1.29 is 4.74 Å². The molecule has 0 spiro atoms. The second-order valence-electron chi connectivity index (χ2n) is 6.31. The molecule has 0 saturated carbocycles. The van der Waals surface area contributed by atoms with Gasteiger partial charge in [0.05, 0.1) is 13.2 Å². The quantitative estimate of drug-likeness (QED) is 0.933. The van der Waals surface area contributed by atoms with E-state index in [0.29, 0.717) is 11.8 Å². The number of nitrogens with two attached hydrogens (primary N) is 1. The van der Waals surface area contributed by atoms with E-state index >= 15 is 0 Å². The molecule has 6 nitrogen and oxygen atoms in total. The van der Waals surface area contributed by atoms with Crippen LogP contribution in [0.2, 0.25) is 0 Å². The van der Waals surface area contributed by atoms with E-state index in [1.165, 1.54) is 18.4 Å². The molecule has 3 heterocycles. The molecule has 1 aliphatic heterocycles. The third kappa shape index (κ3) is 3.42. The summed E-state index contributed by atoms with van der Waals surface area (Å²) in [7, 11) is 1.64. The zero-order valence-electron chi connectivity index (χ0n) is 14.6. The van der Waals surface area contributed by atoms with Crippen LogP contribution in [0.25, 0.3) is 0 Å². The Hall–Kier alpha value is -2.37. The molecular weight excluding hydrogens is 302 g/mol.